The van der Waals surface area contributed by atoms with Crippen molar-refractivity contribution in [3.63, 3.8) is 0 Å². The summed E-state index contributed by atoms with van der Waals surface area (Å²) in [5.41, 5.74) is 4.34. The van der Waals surface area contributed by atoms with Crippen LogP contribution in [0.15, 0.2) is 24.3 Å². The summed E-state index contributed by atoms with van der Waals surface area (Å²) in [5, 5.41) is 1.42. The highest BCUT2D eigenvalue weighted by Crippen LogP contribution is 2.48. The van der Waals surface area contributed by atoms with Crippen LogP contribution in [0.2, 0.25) is 0 Å². The van der Waals surface area contributed by atoms with E-state index in [1.54, 1.807) is 5.56 Å². The zero-order chi connectivity index (χ0) is 16.5. The first kappa shape index (κ1) is 14.4. The number of nitrogens with one attached hydrogen (secondary N) is 2. The van der Waals surface area contributed by atoms with Crippen molar-refractivity contribution in [3.8, 4) is 0 Å². The third kappa shape index (κ3) is 1.78. The second kappa shape index (κ2) is 5.10. The number of amides is 1. The van der Waals surface area contributed by atoms with Crippen LogP contribution in [0.25, 0.3) is 10.9 Å². The zero-order valence-electron chi connectivity index (χ0n) is 14.6. The average Bonchev–Trinajstić information content (AvgIpc) is 3.06. The molecule has 7 rings (SSSR count). The summed E-state index contributed by atoms with van der Waals surface area (Å²) in [4.78, 5) is 19.5. The van der Waals surface area contributed by atoms with Gasteiger partial charge in [-0.05, 0) is 30.9 Å². The van der Waals surface area contributed by atoms with Gasteiger partial charge in [0.25, 0.3) is 0 Å². The van der Waals surface area contributed by atoms with Crippen molar-refractivity contribution in [3.05, 3.63) is 35.5 Å². The van der Waals surface area contributed by atoms with Gasteiger partial charge in [-0.2, -0.15) is 0 Å². The Labute approximate surface area is 148 Å². The Morgan fingerprint density at radius 2 is 2.08 bits per heavy atom. The monoisotopic (exact) mass is 336 g/mol. The van der Waals surface area contributed by atoms with Gasteiger partial charge in [0.2, 0.25) is 6.41 Å². The van der Waals surface area contributed by atoms with Gasteiger partial charge in [0.15, 0.2) is 0 Å². The van der Waals surface area contributed by atoms with E-state index in [0.29, 0.717) is 18.0 Å². The van der Waals surface area contributed by atoms with Crippen molar-refractivity contribution in [2.75, 3.05) is 13.1 Å². The molecule has 1 unspecified atom stereocenters. The fourth-order valence-electron chi connectivity index (χ4n) is 7.05. The number of rotatable bonds is 1. The highest BCUT2D eigenvalue weighted by Gasteiger charge is 2.60. The summed E-state index contributed by atoms with van der Waals surface area (Å²) in [7, 11) is 0. The number of likely N-dealkylation sites (tertiary alicyclic amines) is 1. The lowest BCUT2D eigenvalue weighted by Crippen LogP contribution is -3.21. The van der Waals surface area contributed by atoms with Crippen molar-refractivity contribution < 1.29 is 9.69 Å². The number of H-pyrrole nitrogens is 1. The molecule has 0 radical (unpaired) electrons. The van der Waals surface area contributed by atoms with Crippen molar-refractivity contribution in [1.29, 1.82) is 0 Å². The van der Waals surface area contributed by atoms with Crippen LogP contribution in [0.3, 0.4) is 0 Å². The molecule has 2 bridgehead atoms. The molecule has 4 fully saturated rings. The maximum Gasteiger partial charge on any atom is 0.209 e. The summed E-state index contributed by atoms with van der Waals surface area (Å²) in [6.45, 7) is 2.24. The molecule has 6 atom stereocenters. The van der Waals surface area contributed by atoms with E-state index in [0.717, 1.165) is 24.9 Å². The molecule has 4 heteroatoms. The van der Waals surface area contributed by atoms with E-state index in [9.17, 15) is 4.79 Å². The number of carbonyl (C=O) groups is 1. The molecular weight excluding hydrogens is 310 g/mol. The number of nitrogens with zero attached hydrogens (tertiary/aromatic N) is 1. The minimum atomic E-state index is 0.483. The van der Waals surface area contributed by atoms with Gasteiger partial charge in [-0.1, -0.05) is 18.2 Å². The van der Waals surface area contributed by atoms with Gasteiger partial charge in [-0.3, -0.25) is 4.79 Å². The van der Waals surface area contributed by atoms with Gasteiger partial charge < -0.3 is 14.8 Å². The number of hydrogen-bond donors (Lipinski definition) is 2. The van der Waals surface area contributed by atoms with E-state index in [4.69, 9.17) is 0 Å². The molecule has 5 heterocycles. The second-order valence-electron chi connectivity index (χ2n) is 8.60. The maximum absolute atomic E-state index is 11.7. The second-order valence-corrected chi connectivity index (χ2v) is 8.60. The molecule has 25 heavy (non-hydrogen) atoms. The van der Waals surface area contributed by atoms with Gasteiger partial charge in [-0.15, -0.1) is 0 Å². The average molecular weight is 336 g/mol. The first-order chi connectivity index (χ1) is 12.4. The summed E-state index contributed by atoms with van der Waals surface area (Å²) in [6, 6.07) is 10.6. The number of quaternary nitrogens is 1. The van der Waals surface area contributed by atoms with E-state index in [1.165, 1.54) is 55.2 Å². The smallest absolute Gasteiger partial charge is 0.209 e. The topological polar surface area (TPSA) is 40.5 Å². The van der Waals surface area contributed by atoms with Crippen molar-refractivity contribution in [2.45, 2.75) is 50.2 Å². The van der Waals surface area contributed by atoms with Crippen LogP contribution in [0.1, 0.15) is 43.0 Å². The number of piperidine rings is 3. The zero-order valence-corrected chi connectivity index (χ0v) is 14.6. The van der Waals surface area contributed by atoms with E-state index in [2.05, 4.69) is 34.1 Å². The molecule has 1 aliphatic carbocycles. The normalized spacial score (nSPS) is 39.0. The lowest BCUT2D eigenvalue weighted by molar-refractivity contribution is -0.979. The molecule has 1 saturated carbocycles. The fraction of sp³-hybridized carbons (Fsp3) is 0.571. The van der Waals surface area contributed by atoms with Gasteiger partial charge in [-0.25, -0.2) is 0 Å². The van der Waals surface area contributed by atoms with Crippen LogP contribution in [0.4, 0.5) is 0 Å². The number of benzene rings is 1. The van der Waals surface area contributed by atoms with E-state index in [1.807, 2.05) is 4.90 Å². The molecule has 1 amide bonds. The predicted molar refractivity (Wildman–Crippen MR) is 96.4 cm³/mol. The third-order valence-corrected chi connectivity index (χ3v) is 7.80. The summed E-state index contributed by atoms with van der Waals surface area (Å²) in [6.07, 6.45) is 7.51. The van der Waals surface area contributed by atoms with Gasteiger partial charge in [0.05, 0.1) is 18.3 Å². The minimum absolute atomic E-state index is 0.483. The molecule has 5 aliphatic rings. The molecule has 2 N–H and O–H groups in total. The summed E-state index contributed by atoms with van der Waals surface area (Å²) < 4.78 is 0. The van der Waals surface area contributed by atoms with Gasteiger partial charge >= 0.3 is 0 Å². The van der Waals surface area contributed by atoms with E-state index < -0.39 is 0 Å². The quantitative estimate of drug-likeness (QED) is 0.765. The van der Waals surface area contributed by atoms with Crippen LogP contribution in [-0.2, 0) is 11.2 Å². The number of aromatic amines is 1. The van der Waals surface area contributed by atoms with Crippen molar-refractivity contribution >= 4 is 17.3 Å². The molecule has 0 spiro atoms. The Hall–Kier alpha value is -1.81. The Morgan fingerprint density at radius 1 is 1.16 bits per heavy atom. The lowest BCUT2D eigenvalue weighted by atomic mass is 9.61. The number of hydrogen-bond acceptors (Lipinski definition) is 1. The minimum Gasteiger partial charge on any atom is -0.353 e. The summed E-state index contributed by atoms with van der Waals surface area (Å²) >= 11 is 0. The third-order valence-electron chi connectivity index (χ3n) is 7.80. The number of aromatic nitrogens is 1. The standard InChI is InChI=1S/C21H25N3O/c25-12-23-10-3-5-15-18-8-7-16(20(15)23)21-19-14(9-11-24(18)21)13-4-1-2-6-17(13)22-19/h1-2,4,6,12,15-16,18,20-22H,3,5,7-11H2/p+1/t15-,16+,18-,20-,21+/m1/s1. The highest BCUT2D eigenvalue weighted by molar-refractivity contribution is 5.85. The highest BCUT2D eigenvalue weighted by atomic mass is 16.1. The molecule has 2 aromatic rings. The first-order valence-electron chi connectivity index (χ1n) is 10.0. The van der Waals surface area contributed by atoms with Crippen LogP contribution in [-0.4, -0.2) is 41.5 Å². The van der Waals surface area contributed by atoms with Crippen LogP contribution >= 0.6 is 0 Å². The molecule has 1 aromatic heterocycles. The van der Waals surface area contributed by atoms with Gasteiger partial charge in [0, 0.05) is 48.2 Å². The Kier molecular flexibility index (Phi) is 2.93. The molecular formula is C21H26N3O+. The van der Waals surface area contributed by atoms with Crippen LogP contribution < -0.4 is 4.90 Å². The van der Waals surface area contributed by atoms with E-state index in [-0.39, 0.29) is 0 Å². The fourth-order valence-corrected chi connectivity index (χ4v) is 7.05. The lowest BCUT2D eigenvalue weighted by Gasteiger charge is -2.60. The predicted octanol–water partition coefficient (Wildman–Crippen LogP) is 1.68. The van der Waals surface area contributed by atoms with E-state index >= 15 is 0 Å². The maximum atomic E-state index is 11.7. The number of para-hydroxylation sites is 1. The molecule has 1 aromatic carbocycles. The van der Waals surface area contributed by atoms with Gasteiger partial charge in [0.1, 0.15) is 6.04 Å². The SMILES string of the molecule is O=CN1CCC[C@H]2[C@@H]1[C@@H]1CC[C@H]2[NH+]2CCc3c([nH]c4ccccc34)[C@H]12. The summed E-state index contributed by atoms with van der Waals surface area (Å²) in [5.74, 6) is 1.36. The largest absolute Gasteiger partial charge is 0.353 e. The number of carbonyl (C=O) groups excluding carboxylic acids is 1. The van der Waals surface area contributed by atoms with Crippen molar-refractivity contribution in [1.82, 2.24) is 9.88 Å². The first-order valence-corrected chi connectivity index (χ1v) is 10.0. The Balaban J connectivity index is 1.50. The molecule has 4 nitrogen and oxygen atoms in total. The molecule has 4 aliphatic heterocycles. The Morgan fingerprint density at radius 3 is 3.00 bits per heavy atom. The number of fused-ring (bicyclic) bond motifs is 4. The van der Waals surface area contributed by atoms with Crippen LogP contribution in [0, 0.1) is 11.8 Å². The Bertz CT molecular complexity index is 843. The van der Waals surface area contributed by atoms with Crippen LogP contribution in [0.5, 0.6) is 0 Å². The van der Waals surface area contributed by atoms with Crippen molar-refractivity contribution in [2.24, 2.45) is 11.8 Å². The molecule has 130 valence electrons. The molecule has 3 saturated heterocycles.